The van der Waals surface area contributed by atoms with Crippen molar-refractivity contribution in [1.29, 1.82) is 0 Å². The zero-order chi connectivity index (χ0) is 20.8. The van der Waals surface area contributed by atoms with Crippen LogP contribution in [-0.2, 0) is 9.53 Å². The number of methoxy groups -OCH3 is 2. The summed E-state index contributed by atoms with van der Waals surface area (Å²) in [6.45, 7) is 4.42. The second-order valence-electron chi connectivity index (χ2n) is 6.15. The van der Waals surface area contributed by atoms with E-state index in [1.165, 1.54) is 26.2 Å². The highest BCUT2D eigenvalue weighted by Crippen LogP contribution is 2.25. The Morgan fingerprint density at radius 3 is 2.39 bits per heavy atom. The lowest BCUT2D eigenvalue weighted by Gasteiger charge is -2.07. The number of Topliss-reactive ketones (excluding diaryl/α,β-unsaturated/α-hetero) is 2. The molecular formula is C21H23NO6. The molecule has 28 heavy (non-hydrogen) atoms. The lowest BCUT2D eigenvalue weighted by Crippen LogP contribution is -2.14. The number of carbonyl (C=O) groups excluding carboxylic acids is 3. The first-order valence-electron chi connectivity index (χ1n) is 8.58. The van der Waals surface area contributed by atoms with Crippen molar-refractivity contribution in [2.75, 3.05) is 20.8 Å². The normalized spacial score (nSPS) is 10.8. The molecule has 0 atom stereocenters. The maximum absolute atomic E-state index is 12.3. The molecular weight excluding hydrogens is 362 g/mol. The standard InChI is InChI=1S/C21H23NO6/c1-12-20(14(3)23)13(2)22-21(12)17(24)11-28-19(25)9-7-15-6-8-16(26-4)10-18(15)27-5/h6-10,22H,11H2,1-5H3. The Labute approximate surface area is 163 Å². The fourth-order valence-corrected chi connectivity index (χ4v) is 2.93. The van der Waals surface area contributed by atoms with E-state index in [1.807, 2.05) is 0 Å². The van der Waals surface area contributed by atoms with Gasteiger partial charge in [0.2, 0.25) is 5.78 Å². The molecule has 0 aliphatic carbocycles. The van der Waals surface area contributed by atoms with Gasteiger partial charge in [-0.3, -0.25) is 9.59 Å². The van der Waals surface area contributed by atoms with Gasteiger partial charge in [-0.05, 0) is 44.5 Å². The number of rotatable bonds is 8. The van der Waals surface area contributed by atoms with E-state index in [1.54, 1.807) is 39.2 Å². The molecule has 2 aromatic rings. The molecule has 7 nitrogen and oxygen atoms in total. The average Bonchev–Trinajstić information content (AvgIpc) is 2.98. The second kappa shape index (κ2) is 9.03. The van der Waals surface area contributed by atoms with Crippen LogP contribution in [0.25, 0.3) is 6.08 Å². The van der Waals surface area contributed by atoms with Crippen LogP contribution in [0.1, 0.15) is 44.6 Å². The molecule has 0 fully saturated rings. The first kappa shape index (κ1) is 21.0. The number of ether oxygens (including phenoxy) is 3. The molecule has 0 saturated heterocycles. The van der Waals surface area contributed by atoms with Gasteiger partial charge in [0.25, 0.3) is 0 Å². The molecule has 0 amide bonds. The summed E-state index contributed by atoms with van der Waals surface area (Å²) in [5, 5.41) is 0. The topological polar surface area (TPSA) is 94.7 Å². The highest BCUT2D eigenvalue weighted by molar-refractivity contribution is 6.04. The minimum atomic E-state index is -0.668. The average molecular weight is 385 g/mol. The van der Waals surface area contributed by atoms with E-state index in [2.05, 4.69) is 4.98 Å². The van der Waals surface area contributed by atoms with Gasteiger partial charge in [-0.25, -0.2) is 4.79 Å². The van der Waals surface area contributed by atoms with Gasteiger partial charge in [0, 0.05) is 29.0 Å². The van der Waals surface area contributed by atoms with Crippen LogP contribution in [-0.4, -0.2) is 43.3 Å². The quantitative estimate of drug-likeness (QED) is 0.426. The van der Waals surface area contributed by atoms with E-state index in [9.17, 15) is 14.4 Å². The van der Waals surface area contributed by atoms with E-state index in [0.29, 0.717) is 33.9 Å². The Hall–Kier alpha value is -3.35. The lowest BCUT2D eigenvalue weighted by molar-refractivity contribution is -0.136. The van der Waals surface area contributed by atoms with Crippen LogP contribution in [0.2, 0.25) is 0 Å². The predicted molar refractivity (Wildman–Crippen MR) is 104 cm³/mol. The first-order chi connectivity index (χ1) is 13.3. The molecule has 0 aliphatic rings. The fraction of sp³-hybridized carbons (Fsp3) is 0.286. The van der Waals surface area contributed by atoms with Gasteiger partial charge in [-0.15, -0.1) is 0 Å². The lowest BCUT2D eigenvalue weighted by atomic mass is 10.1. The number of aromatic amines is 1. The number of esters is 1. The van der Waals surface area contributed by atoms with Crippen molar-refractivity contribution in [3.05, 3.63) is 52.4 Å². The van der Waals surface area contributed by atoms with Gasteiger partial charge in [0.05, 0.1) is 19.9 Å². The van der Waals surface area contributed by atoms with Crippen molar-refractivity contribution in [2.24, 2.45) is 0 Å². The fourth-order valence-electron chi connectivity index (χ4n) is 2.93. The third-order valence-electron chi connectivity index (χ3n) is 4.25. The number of H-pyrrole nitrogens is 1. The molecule has 1 heterocycles. The van der Waals surface area contributed by atoms with Crippen LogP contribution in [0.5, 0.6) is 11.5 Å². The van der Waals surface area contributed by atoms with Crippen LogP contribution in [0.3, 0.4) is 0 Å². The largest absolute Gasteiger partial charge is 0.497 e. The molecule has 0 unspecified atom stereocenters. The van der Waals surface area contributed by atoms with E-state index in [0.717, 1.165) is 0 Å². The van der Waals surface area contributed by atoms with Gasteiger partial charge >= 0.3 is 5.97 Å². The van der Waals surface area contributed by atoms with Crippen LogP contribution in [0.15, 0.2) is 24.3 Å². The van der Waals surface area contributed by atoms with E-state index >= 15 is 0 Å². The summed E-state index contributed by atoms with van der Waals surface area (Å²) in [5.74, 6) is -0.0353. The molecule has 0 aliphatic heterocycles. The summed E-state index contributed by atoms with van der Waals surface area (Å²) in [7, 11) is 3.06. The molecule has 148 valence electrons. The molecule has 0 spiro atoms. The van der Waals surface area contributed by atoms with Gasteiger partial charge in [0.1, 0.15) is 11.5 Å². The number of hydrogen-bond donors (Lipinski definition) is 1. The summed E-state index contributed by atoms with van der Waals surface area (Å²) in [5.41, 5.74) is 2.60. The minimum Gasteiger partial charge on any atom is -0.497 e. The zero-order valence-corrected chi connectivity index (χ0v) is 16.5. The summed E-state index contributed by atoms with van der Waals surface area (Å²) >= 11 is 0. The van der Waals surface area contributed by atoms with Crippen LogP contribution in [0.4, 0.5) is 0 Å². The number of ketones is 2. The Balaban J connectivity index is 2.03. The Bertz CT molecular complexity index is 939. The molecule has 1 N–H and O–H groups in total. The van der Waals surface area contributed by atoms with Crippen molar-refractivity contribution < 1.29 is 28.6 Å². The third-order valence-corrected chi connectivity index (χ3v) is 4.25. The van der Waals surface area contributed by atoms with Gasteiger partial charge < -0.3 is 19.2 Å². The molecule has 1 aromatic heterocycles. The number of aromatic nitrogens is 1. The van der Waals surface area contributed by atoms with Gasteiger partial charge in [0.15, 0.2) is 12.4 Å². The first-order valence-corrected chi connectivity index (χ1v) is 8.58. The van der Waals surface area contributed by atoms with Crippen molar-refractivity contribution >= 4 is 23.6 Å². The molecule has 1 aromatic carbocycles. The van der Waals surface area contributed by atoms with E-state index in [-0.39, 0.29) is 11.5 Å². The zero-order valence-electron chi connectivity index (χ0n) is 16.5. The van der Waals surface area contributed by atoms with Crippen LogP contribution in [0, 0.1) is 13.8 Å². The number of aryl methyl sites for hydroxylation is 1. The Morgan fingerprint density at radius 1 is 1.11 bits per heavy atom. The van der Waals surface area contributed by atoms with E-state index < -0.39 is 18.4 Å². The highest BCUT2D eigenvalue weighted by Gasteiger charge is 2.20. The van der Waals surface area contributed by atoms with Gasteiger partial charge in [-0.2, -0.15) is 0 Å². The maximum Gasteiger partial charge on any atom is 0.331 e. The Morgan fingerprint density at radius 2 is 1.82 bits per heavy atom. The number of carbonyl (C=O) groups is 3. The molecule has 7 heteroatoms. The molecule has 0 saturated carbocycles. The number of benzene rings is 1. The summed E-state index contributed by atoms with van der Waals surface area (Å²) in [6, 6.07) is 5.17. The third kappa shape index (κ3) is 4.68. The smallest absolute Gasteiger partial charge is 0.331 e. The second-order valence-corrected chi connectivity index (χ2v) is 6.15. The predicted octanol–water partition coefficient (Wildman–Crippen LogP) is 3.29. The number of hydrogen-bond acceptors (Lipinski definition) is 6. The van der Waals surface area contributed by atoms with Crippen molar-refractivity contribution in [3.63, 3.8) is 0 Å². The molecule has 2 rings (SSSR count). The Kier molecular flexibility index (Phi) is 6.76. The van der Waals surface area contributed by atoms with Crippen LogP contribution < -0.4 is 9.47 Å². The molecule has 0 radical (unpaired) electrons. The van der Waals surface area contributed by atoms with Crippen molar-refractivity contribution in [2.45, 2.75) is 20.8 Å². The minimum absolute atomic E-state index is 0.126. The maximum atomic E-state index is 12.3. The van der Waals surface area contributed by atoms with Crippen molar-refractivity contribution in [3.8, 4) is 11.5 Å². The van der Waals surface area contributed by atoms with E-state index in [4.69, 9.17) is 14.2 Å². The molecule has 0 bridgehead atoms. The SMILES string of the molecule is COc1ccc(C=CC(=O)OCC(=O)c2[nH]c(C)c(C(C)=O)c2C)c(OC)c1. The summed E-state index contributed by atoms with van der Waals surface area (Å²) in [6.07, 6.45) is 2.74. The summed E-state index contributed by atoms with van der Waals surface area (Å²) < 4.78 is 15.4. The van der Waals surface area contributed by atoms with Gasteiger partial charge in [-0.1, -0.05) is 0 Å². The van der Waals surface area contributed by atoms with Crippen molar-refractivity contribution in [1.82, 2.24) is 4.98 Å². The number of nitrogens with one attached hydrogen (secondary N) is 1. The van der Waals surface area contributed by atoms with Crippen LogP contribution >= 0.6 is 0 Å². The highest BCUT2D eigenvalue weighted by atomic mass is 16.5. The monoisotopic (exact) mass is 385 g/mol. The summed E-state index contributed by atoms with van der Waals surface area (Å²) in [4.78, 5) is 38.8.